The highest BCUT2D eigenvalue weighted by molar-refractivity contribution is 8.07. The van der Waals surface area contributed by atoms with Crippen LogP contribution in [-0.2, 0) is 44.8 Å². The van der Waals surface area contributed by atoms with Crippen LogP contribution in [-0.4, -0.2) is 96.1 Å². The number of aromatic nitrogens is 8. The number of imidazole rings is 2. The molecule has 0 radical (unpaired) electrons. The Labute approximate surface area is 250 Å². The van der Waals surface area contributed by atoms with Crippen molar-refractivity contribution in [1.82, 2.24) is 43.8 Å². The van der Waals surface area contributed by atoms with E-state index in [2.05, 4.69) is 34.6 Å². The molecule has 7 heterocycles. The number of nitrogens with zero attached hydrogens (tertiary/aromatic N) is 7. The van der Waals surface area contributed by atoms with E-state index in [0.29, 0.717) is 0 Å². The molecule has 24 heteroatoms. The van der Waals surface area contributed by atoms with Crippen LogP contribution < -0.4 is 21.7 Å². The standard InChI is InChI=1S/C20H23FN11O9PS2/c21-10-13-9(39-19(10)31-5-26-11-14(22)24-4-25-15(11)31)2-28-44(35,36)41-8-1-7(3-37-42(34,43)40-13)38-18(8)32-6-27-12-16(32)29-20(23)30-17(12)33/h4-10,13,18-19,28H,1-3H2,(H,34,43)(H2,22,24,25)(H3,23,29,30,33)/t7-,8+,9+,10+,13+,18+,19+,42?/m0/s1. The second-order valence-electron chi connectivity index (χ2n) is 10.0. The van der Waals surface area contributed by atoms with Gasteiger partial charge in [-0.05, 0) is 11.8 Å². The monoisotopic (exact) mass is 675 g/mol. The molecule has 7 N–H and O–H groups in total. The molecule has 7 rings (SSSR count). The zero-order valence-electron chi connectivity index (χ0n) is 22.0. The lowest BCUT2D eigenvalue weighted by molar-refractivity contribution is -0.0454. The first kappa shape index (κ1) is 29.5. The maximum atomic E-state index is 16.0. The Balaban J connectivity index is 1.19. The van der Waals surface area contributed by atoms with Gasteiger partial charge in [0, 0.05) is 13.0 Å². The molecule has 4 aromatic heterocycles. The van der Waals surface area contributed by atoms with E-state index in [1.807, 2.05) is 0 Å². The summed E-state index contributed by atoms with van der Waals surface area (Å²) in [5, 5.41) is 0. The maximum Gasteiger partial charge on any atom is 0.336 e. The molecule has 0 amide bonds. The highest BCUT2D eigenvalue weighted by Crippen LogP contribution is 2.50. The number of aromatic amines is 1. The van der Waals surface area contributed by atoms with Crippen LogP contribution in [0.4, 0.5) is 16.2 Å². The molecule has 44 heavy (non-hydrogen) atoms. The predicted octanol–water partition coefficient (Wildman–Crippen LogP) is -1.50. The molecule has 0 aliphatic carbocycles. The quantitative estimate of drug-likeness (QED) is 0.151. The Kier molecular flexibility index (Phi) is 7.15. The van der Waals surface area contributed by atoms with Crippen molar-refractivity contribution in [2.75, 3.05) is 24.6 Å². The molecule has 3 fully saturated rings. The molecule has 1 unspecified atom stereocenters. The van der Waals surface area contributed by atoms with Crippen LogP contribution in [0.1, 0.15) is 18.9 Å². The first-order chi connectivity index (χ1) is 20.9. The molecular formula is C20H23FN11O9PS2. The lowest BCUT2D eigenvalue weighted by atomic mass is 10.1. The summed E-state index contributed by atoms with van der Waals surface area (Å²) in [5.74, 6) is -0.153. The molecule has 2 bridgehead atoms. The van der Waals surface area contributed by atoms with Crippen LogP contribution in [0.3, 0.4) is 0 Å². The summed E-state index contributed by atoms with van der Waals surface area (Å²) in [5.41, 5.74) is 11.2. The Morgan fingerprint density at radius 2 is 1.82 bits per heavy atom. The third-order valence-electron chi connectivity index (χ3n) is 7.19. The number of H-pyrrole nitrogens is 1. The van der Waals surface area contributed by atoms with Crippen LogP contribution >= 0.6 is 6.72 Å². The number of halogens is 1. The van der Waals surface area contributed by atoms with Gasteiger partial charge in [-0.15, -0.1) is 0 Å². The Morgan fingerprint density at radius 3 is 2.61 bits per heavy atom. The van der Waals surface area contributed by atoms with E-state index in [4.69, 9.17) is 46.0 Å². The predicted molar refractivity (Wildman–Crippen MR) is 149 cm³/mol. The second kappa shape index (κ2) is 10.7. The van der Waals surface area contributed by atoms with Crippen LogP contribution in [0.25, 0.3) is 22.3 Å². The van der Waals surface area contributed by atoms with E-state index >= 15 is 4.39 Å². The third kappa shape index (κ3) is 5.23. The average Bonchev–Trinajstić information content (AvgIpc) is 3.72. The van der Waals surface area contributed by atoms with E-state index in [0.717, 1.165) is 6.33 Å². The van der Waals surface area contributed by atoms with Crippen molar-refractivity contribution in [2.45, 2.75) is 49.5 Å². The van der Waals surface area contributed by atoms with Gasteiger partial charge in [0.1, 0.15) is 30.2 Å². The van der Waals surface area contributed by atoms with E-state index in [9.17, 15) is 18.1 Å². The van der Waals surface area contributed by atoms with Crippen molar-refractivity contribution >= 4 is 62.9 Å². The smallest absolute Gasteiger partial charge is 0.336 e. The average molecular weight is 676 g/mol. The summed E-state index contributed by atoms with van der Waals surface area (Å²) >= 11 is 5.17. The first-order valence-electron chi connectivity index (χ1n) is 12.8. The summed E-state index contributed by atoms with van der Waals surface area (Å²) in [7, 11) is -4.56. The van der Waals surface area contributed by atoms with Crippen LogP contribution in [0.15, 0.2) is 23.8 Å². The number of alkyl halides is 1. The number of fused-ring (bicyclic) bond motifs is 5. The SMILES string of the molecule is Nc1nc2c(ncn2[C@@H]2O[C@@H]3COP(O)(=S)O[C@H]4[C@@H](F)[C@H](n5cnc6c(N)ncnc65)O[C@@H]4CNS(=O)(=O)O[C@@H]2C3)c(=O)[nH]1. The van der Waals surface area contributed by atoms with Gasteiger partial charge in [-0.2, -0.15) is 18.1 Å². The maximum absolute atomic E-state index is 16.0. The summed E-state index contributed by atoms with van der Waals surface area (Å²) in [4.78, 5) is 45.6. The van der Waals surface area contributed by atoms with E-state index in [-0.39, 0.29) is 47.1 Å². The molecule has 0 aromatic carbocycles. The van der Waals surface area contributed by atoms with Gasteiger partial charge >= 0.3 is 17.0 Å². The first-order valence-corrected chi connectivity index (χ1v) is 16.8. The van der Waals surface area contributed by atoms with Crippen LogP contribution in [0.5, 0.6) is 0 Å². The second-order valence-corrected chi connectivity index (χ2v) is 14.2. The van der Waals surface area contributed by atoms with E-state index < -0.39 is 72.2 Å². The number of ether oxygens (including phenoxy) is 2. The molecular weight excluding hydrogens is 652 g/mol. The molecule has 3 aliphatic heterocycles. The van der Waals surface area contributed by atoms with Crippen molar-refractivity contribution in [1.29, 1.82) is 0 Å². The topological polar surface area (TPSA) is 272 Å². The molecule has 20 nitrogen and oxygen atoms in total. The van der Waals surface area contributed by atoms with Crippen LogP contribution in [0.2, 0.25) is 0 Å². The minimum Gasteiger partial charge on any atom is -0.382 e. The van der Waals surface area contributed by atoms with Gasteiger partial charge in [0.05, 0.1) is 25.4 Å². The fourth-order valence-corrected chi connectivity index (χ4v) is 7.68. The van der Waals surface area contributed by atoms with Gasteiger partial charge < -0.3 is 30.4 Å². The summed E-state index contributed by atoms with van der Waals surface area (Å²) in [6.45, 7) is -5.11. The molecule has 236 valence electrons. The highest BCUT2D eigenvalue weighted by Gasteiger charge is 2.51. The lowest BCUT2D eigenvalue weighted by Crippen LogP contribution is -2.42. The molecule has 3 aliphatic rings. The van der Waals surface area contributed by atoms with Gasteiger partial charge in [0.15, 0.2) is 41.3 Å². The Bertz CT molecular complexity index is 1980. The van der Waals surface area contributed by atoms with E-state index in [1.54, 1.807) is 0 Å². The normalized spacial score (nSPS) is 34.4. The van der Waals surface area contributed by atoms with Crippen molar-refractivity contribution in [3.05, 3.63) is 29.3 Å². The zero-order chi connectivity index (χ0) is 31.0. The fourth-order valence-electron chi connectivity index (χ4n) is 5.29. The van der Waals surface area contributed by atoms with Gasteiger partial charge in [-0.1, -0.05) is 0 Å². The fraction of sp³-hybridized carbons (Fsp3) is 0.500. The highest BCUT2D eigenvalue weighted by atomic mass is 32.5. The van der Waals surface area contributed by atoms with Gasteiger partial charge in [-0.25, -0.2) is 28.5 Å². The van der Waals surface area contributed by atoms with Gasteiger partial charge in [0.25, 0.3) is 5.56 Å². The number of hydrogen-bond acceptors (Lipinski definition) is 16. The summed E-state index contributed by atoms with van der Waals surface area (Å²) in [6, 6.07) is 0. The van der Waals surface area contributed by atoms with E-state index in [1.165, 1.54) is 21.8 Å². The number of nitrogen functional groups attached to an aromatic ring is 2. The molecule has 0 saturated carbocycles. The number of rotatable bonds is 2. The minimum atomic E-state index is -4.56. The van der Waals surface area contributed by atoms with Gasteiger partial charge in [0.2, 0.25) is 5.95 Å². The molecule has 0 spiro atoms. The largest absolute Gasteiger partial charge is 0.382 e. The summed E-state index contributed by atoms with van der Waals surface area (Å²) in [6.07, 6.45) is -6.10. The molecule has 3 saturated heterocycles. The van der Waals surface area contributed by atoms with Crippen molar-refractivity contribution in [2.24, 2.45) is 0 Å². The Morgan fingerprint density at radius 1 is 1.07 bits per heavy atom. The third-order valence-corrected chi connectivity index (χ3v) is 9.77. The number of anilines is 2. The zero-order valence-corrected chi connectivity index (χ0v) is 24.6. The summed E-state index contributed by atoms with van der Waals surface area (Å²) < 4.78 is 75.3. The number of nitrogens with two attached hydrogens (primary N) is 2. The number of nitrogens with one attached hydrogen (secondary N) is 2. The van der Waals surface area contributed by atoms with Crippen molar-refractivity contribution in [3.63, 3.8) is 0 Å². The minimum absolute atomic E-state index is 0.00905. The van der Waals surface area contributed by atoms with Crippen molar-refractivity contribution in [3.8, 4) is 0 Å². The van der Waals surface area contributed by atoms with Crippen molar-refractivity contribution < 1.29 is 40.4 Å². The molecule has 8 atom stereocenters. The van der Waals surface area contributed by atoms with Gasteiger partial charge in [-0.3, -0.25) is 23.4 Å². The van der Waals surface area contributed by atoms with Crippen LogP contribution in [0, 0.1) is 0 Å². The molecule has 4 aromatic rings. The Hall–Kier alpha value is -3.25. The number of hydrogen-bond donors (Lipinski definition) is 5. The lowest BCUT2D eigenvalue weighted by Gasteiger charge is -2.26.